The molecule has 0 unspecified atom stereocenters. The van der Waals surface area contributed by atoms with E-state index in [0.29, 0.717) is 25.0 Å². The third kappa shape index (κ3) is 7.21. The summed E-state index contributed by atoms with van der Waals surface area (Å²) in [4.78, 5) is 12.8. The second-order valence-electron chi connectivity index (χ2n) is 9.53. The van der Waals surface area contributed by atoms with Gasteiger partial charge >= 0.3 is 5.97 Å². The zero-order valence-electron chi connectivity index (χ0n) is 18.5. The summed E-state index contributed by atoms with van der Waals surface area (Å²) in [5.74, 6) is -1.20. The molecule has 0 aliphatic carbocycles. The molecular formula is C24H39NO3. The van der Waals surface area contributed by atoms with Crippen molar-refractivity contribution in [2.75, 3.05) is 6.61 Å². The van der Waals surface area contributed by atoms with E-state index in [-0.39, 0.29) is 17.0 Å². The Morgan fingerprint density at radius 2 is 1.50 bits per heavy atom. The number of esters is 1. The third-order valence-corrected chi connectivity index (χ3v) is 5.25. The molecule has 4 nitrogen and oxygen atoms in total. The fourth-order valence-corrected chi connectivity index (χ4v) is 4.56. The third-order valence-electron chi connectivity index (χ3n) is 5.25. The predicted octanol–water partition coefficient (Wildman–Crippen LogP) is 5.86. The Hall–Kier alpha value is -1.39. The zero-order valence-corrected chi connectivity index (χ0v) is 18.5. The molecule has 0 bridgehead atoms. The van der Waals surface area contributed by atoms with Crippen molar-refractivity contribution >= 4 is 5.97 Å². The molecule has 4 heteroatoms. The molecule has 158 valence electrons. The lowest BCUT2D eigenvalue weighted by molar-refractivity contribution is -0.243. The van der Waals surface area contributed by atoms with Gasteiger partial charge in [-0.05, 0) is 46.2 Å². The summed E-state index contributed by atoms with van der Waals surface area (Å²) in [6.45, 7) is 11.4. The molecule has 0 spiro atoms. The average molecular weight is 390 g/mol. The van der Waals surface area contributed by atoms with E-state index in [1.807, 2.05) is 18.2 Å². The van der Waals surface area contributed by atoms with E-state index >= 15 is 0 Å². The first-order valence-corrected chi connectivity index (χ1v) is 10.9. The molecule has 28 heavy (non-hydrogen) atoms. The van der Waals surface area contributed by atoms with E-state index in [9.17, 15) is 4.79 Å². The Labute approximate surface area is 171 Å². The van der Waals surface area contributed by atoms with Crippen molar-refractivity contribution in [2.45, 2.75) is 103 Å². The topological polar surface area (TPSA) is 47.6 Å². The van der Waals surface area contributed by atoms with E-state index in [1.165, 1.54) is 25.7 Å². The van der Waals surface area contributed by atoms with Gasteiger partial charge in [-0.2, -0.15) is 0 Å². The van der Waals surface area contributed by atoms with Crippen molar-refractivity contribution in [1.82, 2.24) is 5.32 Å². The van der Waals surface area contributed by atoms with Gasteiger partial charge in [0.25, 0.3) is 0 Å². The Morgan fingerprint density at radius 3 is 2.11 bits per heavy atom. The summed E-state index contributed by atoms with van der Waals surface area (Å²) in [5, 5.41) is 3.65. The van der Waals surface area contributed by atoms with Crippen LogP contribution in [0.15, 0.2) is 30.3 Å². The van der Waals surface area contributed by atoms with Crippen molar-refractivity contribution in [3.05, 3.63) is 35.9 Å². The first-order chi connectivity index (χ1) is 13.2. The van der Waals surface area contributed by atoms with Gasteiger partial charge in [-0.3, -0.25) is 0 Å². The van der Waals surface area contributed by atoms with Crippen LogP contribution < -0.4 is 5.32 Å². The van der Waals surface area contributed by atoms with Crippen molar-refractivity contribution < 1.29 is 14.3 Å². The van der Waals surface area contributed by atoms with Crippen LogP contribution in [0.1, 0.15) is 96.3 Å². The number of piperidine rings is 1. The smallest absolute Gasteiger partial charge is 0.340 e. The highest BCUT2D eigenvalue weighted by Gasteiger charge is 2.50. The molecule has 1 aliphatic heterocycles. The number of carbonyl (C=O) groups is 1. The van der Waals surface area contributed by atoms with Crippen LogP contribution in [0, 0.1) is 0 Å². The first kappa shape index (κ1) is 22.9. The molecular weight excluding hydrogens is 350 g/mol. The lowest BCUT2D eigenvalue weighted by atomic mass is 9.78. The summed E-state index contributed by atoms with van der Waals surface area (Å²) >= 11 is 0. The molecule has 1 aromatic carbocycles. The van der Waals surface area contributed by atoms with Crippen LogP contribution in [0.4, 0.5) is 0 Å². The van der Waals surface area contributed by atoms with Crippen molar-refractivity contribution in [3.63, 3.8) is 0 Å². The van der Waals surface area contributed by atoms with Gasteiger partial charge in [-0.15, -0.1) is 0 Å². The molecule has 1 heterocycles. The van der Waals surface area contributed by atoms with E-state index in [4.69, 9.17) is 9.47 Å². The highest BCUT2D eigenvalue weighted by Crippen LogP contribution is 2.40. The van der Waals surface area contributed by atoms with E-state index in [0.717, 1.165) is 12.8 Å². The van der Waals surface area contributed by atoms with Crippen molar-refractivity contribution in [2.24, 2.45) is 0 Å². The summed E-state index contributed by atoms with van der Waals surface area (Å²) in [5.41, 5.74) is 0.207. The minimum absolute atomic E-state index is 0.181. The number of hydrogen-bond acceptors (Lipinski definition) is 4. The molecule has 0 radical (unpaired) electrons. The Balaban J connectivity index is 2.06. The lowest BCUT2D eigenvalue weighted by Crippen LogP contribution is -2.65. The molecule has 1 aromatic rings. The van der Waals surface area contributed by atoms with Crippen LogP contribution in [0.2, 0.25) is 0 Å². The number of nitrogens with one attached hydrogen (secondary N) is 1. The van der Waals surface area contributed by atoms with Gasteiger partial charge in [-0.1, -0.05) is 57.2 Å². The summed E-state index contributed by atoms with van der Waals surface area (Å²) in [7, 11) is 0. The molecule has 0 saturated carbocycles. The van der Waals surface area contributed by atoms with Crippen LogP contribution in [0.3, 0.4) is 0 Å². The quantitative estimate of drug-likeness (QED) is 0.309. The molecule has 1 fully saturated rings. The summed E-state index contributed by atoms with van der Waals surface area (Å²) in [6.07, 6.45) is 8.52. The van der Waals surface area contributed by atoms with Gasteiger partial charge < -0.3 is 14.8 Å². The van der Waals surface area contributed by atoms with E-state index in [2.05, 4.69) is 39.9 Å². The maximum absolute atomic E-state index is 12.8. The fraction of sp³-hybridized carbons (Fsp3) is 0.708. The van der Waals surface area contributed by atoms with Crippen LogP contribution in [0.25, 0.3) is 0 Å². The summed E-state index contributed by atoms with van der Waals surface area (Å²) in [6, 6.07) is 9.20. The van der Waals surface area contributed by atoms with Crippen molar-refractivity contribution in [1.29, 1.82) is 0 Å². The van der Waals surface area contributed by atoms with Crippen molar-refractivity contribution in [3.8, 4) is 0 Å². The molecule has 1 saturated heterocycles. The highest BCUT2D eigenvalue weighted by molar-refractivity contribution is 5.89. The Morgan fingerprint density at radius 1 is 0.929 bits per heavy atom. The minimum Gasteiger partial charge on any atom is -0.429 e. The second-order valence-corrected chi connectivity index (χ2v) is 9.53. The van der Waals surface area contributed by atoms with Crippen LogP contribution in [-0.2, 0) is 9.47 Å². The normalized spacial score (nSPS) is 19.9. The van der Waals surface area contributed by atoms with Gasteiger partial charge in [0.15, 0.2) is 0 Å². The van der Waals surface area contributed by atoms with Gasteiger partial charge in [0.1, 0.15) is 0 Å². The van der Waals surface area contributed by atoms with Crippen LogP contribution in [0.5, 0.6) is 0 Å². The largest absolute Gasteiger partial charge is 0.429 e. The maximum atomic E-state index is 12.8. The van der Waals surface area contributed by atoms with Gasteiger partial charge in [0.05, 0.1) is 12.2 Å². The average Bonchev–Trinajstić information content (AvgIpc) is 2.59. The molecule has 0 aromatic heterocycles. The molecule has 2 rings (SSSR count). The molecule has 0 atom stereocenters. The maximum Gasteiger partial charge on any atom is 0.340 e. The van der Waals surface area contributed by atoms with Crippen LogP contribution in [-0.4, -0.2) is 29.4 Å². The standard InChI is InChI=1S/C24H39NO3/c1-6-7-8-9-10-14-17-27-24(18-22(2,3)25-23(4,5)19-24)28-21(26)20-15-12-11-13-16-20/h11-13,15-16,25H,6-10,14,17-19H2,1-5H3. The fourth-order valence-electron chi connectivity index (χ4n) is 4.56. The van der Waals surface area contributed by atoms with Gasteiger partial charge in [-0.25, -0.2) is 4.79 Å². The monoisotopic (exact) mass is 389 g/mol. The van der Waals surface area contributed by atoms with Crippen LogP contribution >= 0.6 is 0 Å². The number of unbranched alkanes of at least 4 members (excludes halogenated alkanes) is 5. The number of carbonyl (C=O) groups excluding carboxylic acids is 1. The Kier molecular flexibility index (Phi) is 8.08. The Bertz CT molecular complexity index is 594. The lowest BCUT2D eigenvalue weighted by Gasteiger charge is -2.51. The second kappa shape index (κ2) is 9.89. The molecule has 1 N–H and O–H groups in total. The van der Waals surface area contributed by atoms with E-state index in [1.54, 1.807) is 12.1 Å². The SMILES string of the molecule is CCCCCCCCOC1(OC(=O)c2ccccc2)CC(C)(C)NC(C)(C)C1. The molecule has 0 amide bonds. The number of rotatable bonds is 10. The molecule has 1 aliphatic rings. The number of ether oxygens (including phenoxy) is 2. The van der Waals surface area contributed by atoms with Gasteiger partial charge in [0.2, 0.25) is 5.79 Å². The number of benzene rings is 1. The van der Waals surface area contributed by atoms with Gasteiger partial charge in [0, 0.05) is 23.9 Å². The first-order valence-electron chi connectivity index (χ1n) is 10.9. The predicted molar refractivity (Wildman–Crippen MR) is 114 cm³/mol. The minimum atomic E-state index is -0.894. The highest BCUT2D eigenvalue weighted by atomic mass is 16.7. The van der Waals surface area contributed by atoms with E-state index < -0.39 is 5.79 Å². The zero-order chi connectivity index (χ0) is 20.7. The number of hydrogen-bond donors (Lipinski definition) is 1. The summed E-state index contributed by atoms with van der Waals surface area (Å²) < 4.78 is 12.4.